The van der Waals surface area contributed by atoms with Crippen molar-refractivity contribution in [3.63, 3.8) is 0 Å². The Morgan fingerprint density at radius 3 is 2.28 bits per heavy atom. The summed E-state index contributed by atoms with van der Waals surface area (Å²) < 4.78 is 31.2. The minimum atomic E-state index is -3.62. The maximum Gasteiger partial charge on any atom is 0.251 e. The molecule has 0 saturated carbocycles. The number of hydrogen-bond acceptors (Lipinski definition) is 5. The number of nitrogens with one attached hydrogen (secondary N) is 2. The number of rotatable bonds is 9. The van der Waals surface area contributed by atoms with E-state index in [4.69, 9.17) is 4.74 Å². The van der Waals surface area contributed by atoms with Crippen LogP contribution in [0.1, 0.15) is 22.8 Å². The molecular weight excluding hydrogens is 394 g/mol. The molecule has 0 heterocycles. The van der Waals surface area contributed by atoms with Gasteiger partial charge in [-0.2, -0.15) is 0 Å². The van der Waals surface area contributed by atoms with Crippen LogP contribution in [-0.2, 0) is 21.4 Å². The summed E-state index contributed by atoms with van der Waals surface area (Å²) in [6, 6.07) is 13.0. The molecule has 29 heavy (non-hydrogen) atoms. The average molecular weight is 420 g/mol. The van der Waals surface area contributed by atoms with E-state index in [2.05, 4.69) is 10.6 Å². The normalized spacial score (nSPS) is 11.2. The van der Waals surface area contributed by atoms with Gasteiger partial charge in [0.2, 0.25) is 15.9 Å². The Kier molecular flexibility index (Phi) is 7.74. The van der Waals surface area contributed by atoms with Gasteiger partial charge in [-0.15, -0.1) is 0 Å². The zero-order chi connectivity index (χ0) is 21.4. The van der Waals surface area contributed by atoms with E-state index in [-0.39, 0.29) is 18.0 Å². The second-order valence-electron chi connectivity index (χ2n) is 6.31. The molecule has 0 bridgehead atoms. The van der Waals surface area contributed by atoms with Crippen molar-refractivity contribution in [2.24, 2.45) is 0 Å². The summed E-state index contributed by atoms with van der Waals surface area (Å²) in [6.45, 7) is 2.20. The molecule has 2 aromatic carbocycles. The van der Waals surface area contributed by atoms with E-state index >= 15 is 0 Å². The highest BCUT2D eigenvalue weighted by molar-refractivity contribution is 7.89. The molecule has 0 radical (unpaired) electrons. The fraction of sp³-hybridized carbons (Fsp3) is 0.300. The van der Waals surface area contributed by atoms with Crippen LogP contribution in [0.4, 0.5) is 0 Å². The summed E-state index contributed by atoms with van der Waals surface area (Å²) in [5.41, 5.74) is 0.871. The number of nitrogens with zero attached hydrogens (tertiary/aromatic N) is 1. The van der Waals surface area contributed by atoms with Crippen LogP contribution in [0.5, 0.6) is 5.75 Å². The van der Waals surface area contributed by atoms with Crippen molar-refractivity contribution in [2.45, 2.75) is 18.4 Å². The molecule has 2 aromatic rings. The lowest BCUT2D eigenvalue weighted by molar-refractivity contribution is -0.120. The van der Waals surface area contributed by atoms with Crippen LogP contribution in [0.3, 0.4) is 0 Å². The van der Waals surface area contributed by atoms with Crippen LogP contribution in [0, 0.1) is 0 Å². The minimum Gasteiger partial charge on any atom is -0.494 e. The number of carbonyl (C=O) groups excluding carboxylic acids is 2. The third-order valence-electron chi connectivity index (χ3n) is 4.04. The minimum absolute atomic E-state index is 0.0288. The fourth-order valence-corrected chi connectivity index (χ4v) is 3.60. The zero-order valence-electron chi connectivity index (χ0n) is 16.6. The predicted molar refractivity (Wildman–Crippen MR) is 109 cm³/mol. The van der Waals surface area contributed by atoms with E-state index in [1.165, 1.54) is 20.2 Å². The lowest BCUT2D eigenvalue weighted by atomic mass is 10.2. The Morgan fingerprint density at radius 2 is 1.66 bits per heavy atom. The highest BCUT2D eigenvalue weighted by atomic mass is 32.2. The maximum absolute atomic E-state index is 12.4. The Bertz CT molecular complexity index is 956. The number of hydrogen-bond donors (Lipinski definition) is 2. The Balaban J connectivity index is 1.92. The average Bonchev–Trinajstić information content (AvgIpc) is 2.71. The zero-order valence-corrected chi connectivity index (χ0v) is 17.5. The molecule has 156 valence electrons. The van der Waals surface area contributed by atoms with E-state index in [1.807, 2.05) is 6.92 Å². The van der Waals surface area contributed by atoms with Gasteiger partial charge in [0.05, 0.1) is 18.0 Å². The van der Waals surface area contributed by atoms with Gasteiger partial charge in [0.15, 0.2) is 0 Å². The fourth-order valence-electron chi connectivity index (χ4n) is 2.49. The molecule has 0 unspecified atom stereocenters. The molecule has 0 aliphatic rings. The topological polar surface area (TPSA) is 105 Å². The predicted octanol–water partition coefficient (Wildman–Crippen LogP) is 1.38. The summed E-state index contributed by atoms with van der Waals surface area (Å²) >= 11 is 0. The Morgan fingerprint density at radius 1 is 1.00 bits per heavy atom. The van der Waals surface area contributed by atoms with Crippen molar-refractivity contribution in [3.8, 4) is 5.75 Å². The van der Waals surface area contributed by atoms with Crippen molar-refractivity contribution >= 4 is 21.8 Å². The summed E-state index contributed by atoms with van der Waals surface area (Å²) in [7, 11) is -0.732. The smallest absolute Gasteiger partial charge is 0.251 e. The molecule has 8 nitrogen and oxygen atoms in total. The first kappa shape index (κ1) is 22.4. The summed E-state index contributed by atoms with van der Waals surface area (Å²) in [4.78, 5) is 24.3. The molecule has 0 aromatic heterocycles. The summed E-state index contributed by atoms with van der Waals surface area (Å²) in [5, 5.41) is 5.16. The first-order valence-electron chi connectivity index (χ1n) is 9.04. The Hall–Kier alpha value is -2.91. The Labute approximate surface area is 170 Å². The molecule has 2 rings (SSSR count). The van der Waals surface area contributed by atoms with Gasteiger partial charge in [-0.1, -0.05) is 18.2 Å². The third kappa shape index (κ3) is 6.03. The number of benzene rings is 2. The van der Waals surface area contributed by atoms with Gasteiger partial charge in [-0.3, -0.25) is 9.59 Å². The molecule has 0 spiro atoms. The van der Waals surface area contributed by atoms with Crippen LogP contribution in [0.15, 0.2) is 53.4 Å². The maximum atomic E-state index is 12.4. The number of ether oxygens (including phenoxy) is 1. The van der Waals surface area contributed by atoms with Gasteiger partial charge in [-0.25, -0.2) is 12.7 Å². The third-order valence-corrected chi connectivity index (χ3v) is 5.96. The van der Waals surface area contributed by atoms with E-state index in [1.54, 1.807) is 42.5 Å². The standard InChI is InChI=1S/C20H25N3O5S/c1-4-28-17-11-9-15(10-12-17)20(25)22-14-19(24)21-13-16-7-5-6-8-18(16)29(26,27)23(2)3/h5-12H,4,13-14H2,1-3H3,(H,21,24)(H,22,25). The van der Waals surface area contributed by atoms with Crippen LogP contribution in [0.2, 0.25) is 0 Å². The number of carbonyl (C=O) groups is 2. The van der Waals surface area contributed by atoms with Gasteiger partial charge >= 0.3 is 0 Å². The van der Waals surface area contributed by atoms with E-state index in [0.717, 1.165) is 4.31 Å². The van der Waals surface area contributed by atoms with E-state index in [0.29, 0.717) is 23.5 Å². The van der Waals surface area contributed by atoms with Crippen molar-refractivity contribution < 1.29 is 22.7 Å². The van der Waals surface area contributed by atoms with Crippen molar-refractivity contribution in [1.29, 1.82) is 0 Å². The van der Waals surface area contributed by atoms with Crippen LogP contribution >= 0.6 is 0 Å². The van der Waals surface area contributed by atoms with Crippen molar-refractivity contribution in [2.75, 3.05) is 27.2 Å². The highest BCUT2D eigenvalue weighted by Gasteiger charge is 2.20. The second-order valence-corrected chi connectivity index (χ2v) is 8.43. The summed E-state index contributed by atoms with van der Waals surface area (Å²) in [6.07, 6.45) is 0. The van der Waals surface area contributed by atoms with Gasteiger partial charge in [0, 0.05) is 26.2 Å². The van der Waals surface area contributed by atoms with Crippen molar-refractivity contribution in [3.05, 3.63) is 59.7 Å². The van der Waals surface area contributed by atoms with E-state index in [9.17, 15) is 18.0 Å². The van der Waals surface area contributed by atoms with Gasteiger partial charge < -0.3 is 15.4 Å². The van der Waals surface area contributed by atoms with Crippen molar-refractivity contribution in [1.82, 2.24) is 14.9 Å². The first-order valence-corrected chi connectivity index (χ1v) is 10.5. The van der Waals surface area contributed by atoms with Crippen LogP contribution in [-0.4, -0.2) is 51.8 Å². The molecular formula is C20H25N3O5S. The van der Waals surface area contributed by atoms with Gasteiger partial charge in [0.25, 0.3) is 5.91 Å². The molecule has 2 amide bonds. The molecule has 9 heteroatoms. The van der Waals surface area contributed by atoms with Crippen LogP contribution < -0.4 is 15.4 Å². The quantitative estimate of drug-likeness (QED) is 0.639. The van der Waals surface area contributed by atoms with Gasteiger partial charge in [-0.05, 0) is 42.8 Å². The molecule has 0 saturated heterocycles. The highest BCUT2D eigenvalue weighted by Crippen LogP contribution is 2.18. The lowest BCUT2D eigenvalue weighted by Crippen LogP contribution is -2.37. The molecule has 0 aliphatic heterocycles. The van der Waals surface area contributed by atoms with Gasteiger partial charge in [0.1, 0.15) is 5.75 Å². The summed E-state index contributed by atoms with van der Waals surface area (Å²) in [5.74, 6) is -0.159. The van der Waals surface area contributed by atoms with Crippen LogP contribution in [0.25, 0.3) is 0 Å². The molecule has 0 aliphatic carbocycles. The van der Waals surface area contributed by atoms with E-state index < -0.39 is 21.8 Å². The monoisotopic (exact) mass is 419 g/mol. The first-order chi connectivity index (χ1) is 13.8. The largest absolute Gasteiger partial charge is 0.494 e. The number of amides is 2. The molecule has 0 fully saturated rings. The SMILES string of the molecule is CCOc1ccc(C(=O)NCC(=O)NCc2ccccc2S(=O)(=O)N(C)C)cc1. The lowest BCUT2D eigenvalue weighted by Gasteiger charge is -2.15. The molecule has 2 N–H and O–H groups in total. The number of sulfonamides is 1. The molecule has 0 atom stereocenters. The second kappa shape index (κ2) is 10.0.